The van der Waals surface area contributed by atoms with Gasteiger partial charge in [-0.15, -0.1) is 0 Å². The molecule has 0 bridgehead atoms. The van der Waals surface area contributed by atoms with Gasteiger partial charge in [0, 0.05) is 26.2 Å². The van der Waals surface area contributed by atoms with E-state index in [9.17, 15) is 19.1 Å². The van der Waals surface area contributed by atoms with Crippen molar-refractivity contribution < 1.29 is 14.3 Å². The summed E-state index contributed by atoms with van der Waals surface area (Å²) in [6.07, 6.45) is 0. The SMILES string of the molecule is CN(C)CC1NCCn2c1nc(C(=O)NCc1ccc(F)cc1)c(O)c2=O. The van der Waals surface area contributed by atoms with Crippen molar-refractivity contribution in [1.29, 1.82) is 0 Å². The first-order valence-corrected chi connectivity index (χ1v) is 8.61. The summed E-state index contributed by atoms with van der Waals surface area (Å²) in [5.41, 5.74) is -0.246. The molecule has 1 amide bonds. The number of likely N-dealkylation sites (N-methyl/N-ethyl adjacent to an activating group) is 1. The summed E-state index contributed by atoms with van der Waals surface area (Å²) in [5.74, 6) is -1.27. The molecule has 144 valence electrons. The number of carbonyl (C=O) groups is 1. The summed E-state index contributed by atoms with van der Waals surface area (Å²) in [7, 11) is 3.80. The van der Waals surface area contributed by atoms with Crippen molar-refractivity contribution in [1.82, 2.24) is 25.1 Å². The van der Waals surface area contributed by atoms with Gasteiger partial charge in [0.15, 0.2) is 5.69 Å². The molecule has 1 aliphatic rings. The second-order valence-electron chi connectivity index (χ2n) is 6.70. The summed E-state index contributed by atoms with van der Waals surface area (Å²) in [5, 5.41) is 16.1. The minimum atomic E-state index is -0.666. The fourth-order valence-electron chi connectivity index (χ4n) is 3.02. The van der Waals surface area contributed by atoms with E-state index in [0.29, 0.717) is 31.0 Å². The second-order valence-corrected chi connectivity index (χ2v) is 6.70. The predicted molar refractivity (Wildman–Crippen MR) is 97.0 cm³/mol. The lowest BCUT2D eigenvalue weighted by molar-refractivity contribution is 0.0941. The first-order chi connectivity index (χ1) is 12.9. The third kappa shape index (κ3) is 4.15. The van der Waals surface area contributed by atoms with Crippen molar-refractivity contribution in [3.8, 4) is 5.75 Å². The van der Waals surface area contributed by atoms with Crippen LogP contribution >= 0.6 is 0 Å². The van der Waals surface area contributed by atoms with Gasteiger partial charge in [-0.05, 0) is 31.8 Å². The first-order valence-electron chi connectivity index (χ1n) is 8.61. The Bertz CT molecular complexity index is 895. The van der Waals surface area contributed by atoms with Crippen LogP contribution in [0.25, 0.3) is 0 Å². The number of aromatic nitrogens is 2. The molecular formula is C18H22FN5O3. The number of fused-ring (bicyclic) bond motifs is 1. The van der Waals surface area contributed by atoms with Gasteiger partial charge in [-0.2, -0.15) is 0 Å². The van der Waals surface area contributed by atoms with Gasteiger partial charge < -0.3 is 20.6 Å². The van der Waals surface area contributed by atoms with Crippen LogP contribution < -0.4 is 16.2 Å². The number of halogens is 1. The van der Waals surface area contributed by atoms with Crippen LogP contribution in [-0.2, 0) is 13.1 Å². The number of nitrogens with one attached hydrogen (secondary N) is 2. The van der Waals surface area contributed by atoms with Gasteiger partial charge in [-0.1, -0.05) is 12.1 Å². The molecule has 3 N–H and O–H groups in total. The molecule has 1 aromatic heterocycles. The van der Waals surface area contributed by atoms with Gasteiger partial charge in [0.05, 0.1) is 6.04 Å². The van der Waals surface area contributed by atoms with Crippen LogP contribution in [0.5, 0.6) is 5.75 Å². The summed E-state index contributed by atoms with van der Waals surface area (Å²) in [6, 6.07) is 5.44. The van der Waals surface area contributed by atoms with Crippen LogP contribution in [0.3, 0.4) is 0 Å². The number of hydrogen-bond donors (Lipinski definition) is 3. The van der Waals surface area contributed by atoms with E-state index in [-0.39, 0.29) is 24.1 Å². The van der Waals surface area contributed by atoms with Gasteiger partial charge in [0.25, 0.3) is 11.5 Å². The number of nitrogens with zero attached hydrogens (tertiary/aromatic N) is 3. The zero-order chi connectivity index (χ0) is 19.6. The van der Waals surface area contributed by atoms with Crippen molar-refractivity contribution in [3.05, 3.63) is 57.5 Å². The highest BCUT2D eigenvalue weighted by molar-refractivity contribution is 5.94. The van der Waals surface area contributed by atoms with E-state index in [2.05, 4.69) is 15.6 Å². The molecule has 0 spiro atoms. The van der Waals surface area contributed by atoms with Crippen molar-refractivity contribution in [3.63, 3.8) is 0 Å². The summed E-state index contributed by atoms with van der Waals surface area (Å²) in [4.78, 5) is 31.2. The van der Waals surface area contributed by atoms with Crippen LogP contribution in [0, 0.1) is 5.82 Å². The van der Waals surface area contributed by atoms with E-state index in [1.54, 1.807) is 12.1 Å². The van der Waals surface area contributed by atoms with E-state index in [0.717, 1.165) is 0 Å². The lowest BCUT2D eigenvalue weighted by Crippen LogP contribution is -2.45. The maximum Gasteiger partial charge on any atom is 0.296 e. The maximum atomic E-state index is 13.0. The normalized spacial score (nSPS) is 16.2. The molecule has 2 aromatic rings. The minimum Gasteiger partial charge on any atom is -0.501 e. The Morgan fingerprint density at radius 2 is 2.11 bits per heavy atom. The molecule has 0 saturated heterocycles. The number of aromatic hydroxyl groups is 1. The third-order valence-corrected chi connectivity index (χ3v) is 4.34. The average molecular weight is 375 g/mol. The molecule has 1 aromatic carbocycles. The zero-order valence-corrected chi connectivity index (χ0v) is 15.2. The number of hydrogen-bond acceptors (Lipinski definition) is 6. The van der Waals surface area contributed by atoms with E-state index in [4.69, 9.17) is 0 Å². The largest absolute Gasteiger partial charge is 0.501 e. The van der Waals surface area contributed by atoms with Gasteiger partial charge in [0.1, 0.15) is 11.6 Å². The third-order valence-electron chi connectivity index (χ3n) is 4.34. The van der Waals surface area contributed by atoms with Crippen LogP contribution in [0.15, 0.2) is 29.1 Å². The Labute approximate surface area is 155 Å². The summed E-state index contributed by atoms with van der Waals surface area (Å²) >= 11 is 0. The molecule has 3 rings (SSSR count). The van der Waals surface area contributed by atoms with Gasteiger partial charge >= 0.3 is 0 Å². The molecule has 2 heterocycles. The van der Waals surface area contributed by atoms with E-state index in [1.807, 2.05) is 19.0 Å². The number of benzene rings is 1. The van der Waals surface area contributed by atoms with E-state index >= 15 is 0 Å². The van der Waals surface area contributed by atoms with Gasteiger partial charge in [-0.3, -0.25) is 14.2 Å². The van der Waals surface area contributed by atoms with E-state index < -0.39 is 17.2 Å². The van der Waals surface area contributed by atoms with Gasteiger partial charge in [0.2, 0.25) is 5.75 Å². The van der Waals surface area contributed by atoms with E-state index in [1.165, 1.54) is 16.7 Å². The molecule has 1 unspecified atom stereocenters. The fourth-order valence-corrected chi connectivity index (χ4v) is 3.02. The highest BCUT2D eigenvalue weighted by atomic mass is 19.1. The Hall–Kier alpha value is -2.78. The smallest absolute Gasteiger partial charge is 0.296 e. The van der Waals surface area contributed by atoms with Crippen LogP contribution in [0.4, 0.5) is 4.39 Å². The first kappa shape index (κ1) is 19.0. The molecule has 1 aliphatic heterocycles. The quantitative estimate of drug-likeness (QED) is 0.692. The monoisotopic (exact) mass is 375 g/mol. The highest BCUT2D eigenvalue weighted by Crippen LogP contribution is 2.18. The Morgan fingerprint density at radius 1 is 1.41 bits per heavy atom. The van der Waals surface area contributed by atoms with Crippen molar-refractivity contribution in [2.24, 2.45) is 0 Å². The number of carbonyl (C=O) groups excluding carboxylic acids is 1. The Morgan fingerprint density at radius 3 is 2.78 bits per heavy atom. The number of rotatable bonds is 5. The van der Waals surface area contributed by atoms with Crippen molar-refractivity contribution >= 4 is 5.91 Å². The van der Waals surface area contributed by atoms with Gasteiger partial charge in [-0.25, -0.2) is 9.37 Å². The molecule has 0 saturated carbocycles. The van der Waals surface area contributed by atoms with Crippen molar-refractivity contribution in [2.75, 3.05) is 27.2 Å². The zero-order valence-electron chi connectivity index (χ0n) is 15.2. The molecular weight excluding hydrogens is 353 g/mol. The van der Waals surface area contributed by atoms with Crippen LogP contribution in [0.2, 0.25) is 0 Å². The summed E-state index contributed by atoms with van der Waals surface area (Å²) in [6.45, 7) is 1.66. The van der Waals surface area contributed by atoms with Crippen LogP contribution in [0.1, 0.15) is 27.9 Å². The highest BCUT2D eigenvalue weighted by Gasteiger charge is 2.28. The predicted octanol–water partition coefficient (Wildman–Crippen LogP) is 0.224. The Kier molecular flexibility index (Phi) is 5.52. The molecule has 8 nitrogen and oxygen atoms in total. The molecule has 9 heteroatoms. The molecule has 0 fully saturated rings. The topological polar surface area (TPSA) is 99.5 Å². The standard InChI is InChI=1S/C18H22FN5O3/c1-23(2)10-13-16-22-14(15(25)18(27)24(16)8-7-20-13)17(26)21-9-11-3-5-12(19)6-4-11/h3-6,13,20,25H,7-10H2,1-2H3,(H,21,26). The average Bonchev–Trinajstić information content (AvgIpc) is 2.64. The van der Waals surface area contributed by atoms with Crippen LogP contribution in [-0.4, -0.2) is 52.6 Å². The Balaban J connectivity index is 1.86. The molecule has 0 aliphatic carbocycles. The second kappa shape index (κ2) is 7.85. The van der Waals surface area contributed by atoms with Crippen molar-refractivity contribution in [2.45, 2.75) is 19.1 Å². The molecule has 27 heavy (non-hydrogen) atoms. The lowest BCUT2D eigenvalue weighted by atomic mass is 10.2. The number of amides is 1. The lowest BCUT2D eigenvalue weighted by Gasteiger charge is -2.29. The minimum absolute atomic E-state index is 0.123. The molecule has 0 radical (unpaired) electrons. The molecule has 1 atom stereocenters. The summed E-state index contributed by atoms with van der Waals surface area (Å²) < 4.78 is 14.4. The fraction of sp³-hybridized carbons (Fsp3) is 0.389. The maximum absolute atomic E-state index is 13.0.